The van der Waals surface area contributed by atoms with Crippen molar-refractivity contribution in [3.63, 3.8) is 0 Å². The van der Waals surface area contributed by atoms with Crippen LogP contribution in [0.3, 0.4) is 0 Å². The van der Waals surface area contributed by atoms with E-state index in [0.717, 1.165) is 63.5 Å². The molecule has 1 saturated heterocycles. The molecule has 176 valence electrons. The van der Waals surface area contributed by atoms with Crippen molar-refractivity contribution in [1.29, 1.82) is 0 Å². The molecule has 1 aromatic heterocycles. The maximum Gasteiger partial charge on any atom is 0.249 e. The Morgan fingerprint density at radius 1 is 1.06 bits per heavy atom. The number of carbonyl (C=O) groups excluding carboxylic acids is 1. The number of amides is 1. The molecule has 2 aliphatic heterocycles. The number of nitrogens with one attached hydrogen (secondary N) is 1. The Bertz CT molecular complexity index is 1200. The lowest BCUT2D eigenvalue weighted by molar-refractivity contribution is -0.130. The van der Waals surface area contributed by atoms with E-state index in [4.69, 9.17) is 4.74 Å². The number of ether oxygens (including phenoxy) is 1. The van der Waals surface area contributed by atoms with E-state index >= 15 is 0 Å². The molecule has 0 radical (unpaired) electrons. The number of rotatable bonds is 6. The quantitative estimate of drug-likeness (QED) is 0.482. The van der Waals surface area contributed by atoms with Crippen LogP contribution in [0.25, 0.3) is 11.1 Å². The molecule has 7 heteroatoms. The van der Waals surface area contributed by atoms with Gasteiger partial charge in [-0.15, -0.1) is 10.2 Å². The molecule has 7 nitrogen and oxygen atoms in total. The Morgan fingerprint density at radius 2 is 1.97 bits per heavy atom. The van der Waals surface area contributed by atoms with Gasteiger partial charge in [0, 0.05) is 52.2 Å². The third-order valence-electron chi connectivity index (χ3n) is 7.33. The average Bonchev–Trinajstić information content (AvgIpc) is 3.57. The van der Waals surface area contributed by atoms with Crippen molar-refractivity contribution in [2.24, 2.45) is 0 Å². The van der Waals surface area contributed by atoms with Crippen LogP contribution >= 0.6 is 0 Å². The lowest BCUT2D eigenvalue weighted by Gasteiger charge is -2.20. The Morgan fingerprint density at radius 3 is 2.88 bits per heavy atom. The van der Waals surface area contributed by atoms with Crippen LogP contribution in [0.4, 0.5) is 0 Å². The fourth-order valence-corrected chi connectivity index (χ4v) is 5.52. The highest BCUT2D eigenvalue weighted by atomic mass is 16.5. The van der Waals surface area contributed by atoms with E-state index in [9.17, 15) is 4.79 Å². The van der Waals surface area contributed by atoms with Gasteiger partial charge < -0.3 is 14.6 Å². The van der Waals surface area contributed by atoms with Crippen LogP contribution in [0.15, 0.2) is 42.5 Å². The van der Waals surface area contributed by atoms with Crippen LogP contribution < -0.4 is 5.32 Å². The van der Waals surface area contributed by atoms with Crippen molar-refractivity contribution in [3.8, 4) is 11.1 Å². The summed E-state index contributed by atoms with van der Waals surface area (Å²) in [6, 6.07) is 15.7. The lowest BCUT2D eigenvalue weighted by atomic mass is 10.0. The minimum atomic E-state index is -0.280. The van der Waals surface area contributed by atoms with Gasteiger partial charge in [-0.3, -0.25) is 9.69 Å². The van der Waals surface area contributed by atoms with Gasteiger partial charge in [-0.2, -0.15) is 0 Å². The Balaban J connectivity index is 1.05. The van der Waals surface area contributed by atoms with E-state index < -0.39 is 0 Å². The minimum absolute atomic E-state index is 0.00303. The van der Waals surface area contributed by atoms with Crippen LogP contribution in [0.5, 0.6) is 0 Å². The topological polar surface area (TPSA) is 72.3 Å². The smallest absolute Gasteiger partial charge is 0.249 e. The largest absolute Gasteiger partial charge is 0.368 e. The first-order valence-corrected chi connectivity index (χ1v) is 12.5. The molecule has 3 aliphatic rings. The second-order valence-electron chi connectivity index (χ2n) is 9.58. The maximum absolute atomic E-state index is 12.2. The third-order valence-corrected chi connectivity index (χ3v) is 7.33. The molecule has 1 atom stereocenters. The Kier molecular flexibility index (Phi) is 5.89. The van der Waals surface area contributed by atoms with E-state index in [0.29, 0.717) is 19.6 Å². The van der Waals surface area contributed by atoms with Crippen LogP contribution in [0.1, 0.15) is 41.2 Å². The Labute approximate surface area is 200 Å². The molecule has 0 bridgehead atoms. The zero-order valence-corrected chi connectivity index (χ0v) is 19.5. The molecule has 1 N–H and O–H groups in total. The molecule has 0 spiro atoms. The van der Waals surface area contributed by atoms with E-state index in [-0.39, 0.29) is 12.0 Å². The number of benzene rings is 2. The normalized spacial score (nSPS) is 19.4. The predicted molar refractivity (Wildman–Crippen MR) is 129 cm³/mol. The van der Waals surface area contributed by atoms with Crippen molar-refractivity contribution in [2.45, 2.75) is 51.3 Å². The molecule has 34 heavy (non-hydrogen) atoms. The van der Waals surface area contributed by atoms with Crippen molar-refractivity contribution in [3.05, 3.63) is 70.8 Å². The second kappa shape index (κ2) is 9.31. The van der Waals surface area contributed by atoms with Gasteiger partial charge in [-0.1, -0.05) is 42.5 Å². The number of nitrogens with zero attached hydrogens (tertiary/aromatic N) is 4. The second-order valence-corrected chi connectivity index (χ2v) is 9.58. The van der Waals surface area contributed by atoms with Crippen molar-refractivity contribution in [2.75, 3.05) is 26.2 Å². The van der Waals surface area contributed by atoms with Crippen molar-refractivity contribution >= 4 is 5.91 Å². The van der Waals surface area contributed by atoms with Crippen molar-refractivity contribution in [1.82, 2.24) is 25.0 Å². The molecule has 0 unspecified atom stereocenters. The summed E-state index contributed by atoms with van der Waals surface area (Å²) < 4.78 is 7.71. The molecule has 3 aromatic rings. The fourth-order valence-electron chi connectivity index (χ4n) is 5.52. The molecule has 1 aliphatic carbocycles. The first kappa shape index (κ1) is 21.5. The zero-order chi connectivity index (χ0) is 22.9. The van der Waals surface area contributed by atoms with Gasteiger partial charge in [-0.05, 0) is 47.1 Å². The molecule has 6 rings (SSSR count). The number of aromatic nitrogens is 3. The van der Waals surface area contributed by atoms with E-state index in [2.05, 4.69) is 67.4 Å². The number of hydrogen-bond acceptors (Lipinski definition) is 5. The third kappa shape index (κ3) is 4.26. The van der Waals surface area contributed by atoms with E-state index in [1.807, 2.05) is 0 Å². The summed E-state index contributed by atoms with van der Waals surface area (Å²) in [6.07, 6.45) is 4.12. The van der Waals surface area contributed by atoms with Crippen LogP contribution in [-0.2, 0) is 41.9 Å². The Hall–Kier alpha value is -3.03. The maximum atomic E-state index is 12.2. The highest BCUT2D eigenvalue weighted by Gasteiger charge is 2.24. The van der Waals surface area contributed by atoms with Gasteiger partial charge in [0.1, 0.15) is 17.8 Å². The molecule has 1 fully saturated rings. The molecular weight excluding hydrogens is 426 g/mol. The zero-order valence-electron chi connectivity index (χ0n) is 19.5. The number of hydrogen-bond donors (Lipinski definition) is 1. The summed E-state index contributed by atoms with van der Waals surface area (Å²) in [5.41, 5.74) is 7.02. The predicted octanol–water partition coefficient (Wildman–Crippen LogP) is 2.75. The van der Waals surface area contributed by atoms with Gasteiger partial charge in [0.2, 0.25) is 5.91 Å². The number of fused-ring (bicyclic) bond motifs is 4. The SMILES string of the molecule is O=C(NCCc1nnc2n1CCN(Cc1ccc3c(c1)Cc1ccccc1-3)CC2)[C@@H]1CCCO1. The summed E-state index contributed by atoms with van der Waals surface area (Å²) >= 11 is 0. The summed E-state index contributed by atoms with van der Waals surface area (Å²) in [5, 5.41) is 11.9. The highest BCUT2D eigenvalue weighted by Crippen LogP contribution is 2.36. The molecular formula is C27H31N5O2. The van der Waals surface area contributed by atoms with Crippen LogP contribution in [-0.4, -0.2) is 57.9 Å². The summed E-state index contributed by atoms with van der Waals surface area (Å²) in [5.74, 6) is 2.00. The first-order chi connectivity index (χ1) is 16.7. The van der Waals surface area contributed by atoms with Gasteiger partial charge >= 0.3 is 0 Å². The average molecular weight is 458 g/mol. The highest BCUT2D eigenvalue weighted by molar-refractivity contribution is 5.81. The van der Waals surface area contributed by atoms with Crippen molar-refractivity contribution < 1.29 is 9.53 Å². The van der Waals surface area contributed by atoms with E-state index in [1.54, 1.807) is 0 Å². The molecule has 1 amide bonds. The number of carbonyl (C=O) groups is 1. The molecule has 2 aromatic carbocycles. The summed E-state index contributed by atoms with van der Waals surface area (Å²) in [7, 11) is 0. The molecule has 0 saturated carbocycles. The van der Waals surface area contributed by atoms with E-state index in [1.165, 1.54) is 27.8 Å². The van der Waals surface area contributed by atoms with Crippen LogP contribution in [0, 0.1) is 0 Å². The first-order valence-electron chi connectivity index (χ1n) is 12.5. The summed E-state index contributed by atoms with van der Waals surface area (Å²) in [6.45, 7) is 5.04. The van der Waals surface area contributed by atoms with Crippen LogP contribution in [0.2, 0.25) is 0 Å². The van der Waals surface area contributed by atoms with Gasteiger partial charge in [-0.25, -0.2) is 0 Å². The van der Waals surface area contributed by atoms with Gasteiger partial charge in [0.25, 0.3) is 0 Å². The van der Waals surface area contributed by atoms with Gasteiger partial charge in [0.05, 0.1) is 0 Å². The fraction of sp³-hybridized carbons (Fsp3) is 0.444. The van der Waals surface area contributed by atoms with Gasteiger partial charge in [0.15, 0.2) is 0 Å². The summed E-state index contributed by atoms with van der Waals surface area (Å²) in [4.78, 5) is 14.7. The monoisotopic (exact) mass is 457 g/mol. The standard InChI is InChI=1S/C27H31N5O2/c33-27(24-6-3-15-34-24)28-11-9-25-29-30-26-10-12-31(13-14-32(25)26)18-19-7-8-23-21(16-19)17-20-4-1-2-5-22(20)23/h1-2,4-5,7-8,16,24H,3,6,9-15,17-18H2,(H,28,33)/t24-/m0/s1. The lowest BCUT2D eigenvalue weighted by Crippen LogP contribution is -2.35. The minimum Gasteiger partial charge on any atom is -0.368 e. The molecule has 3 heterocycles.